The smallest absolute Gasteiger partial charge is 0.161 e. The second kappa shape index (κ2) is 5.88. The van der Waals surface area contributed by atoms with Gasteiger partial charge < -0.3 is 15.2 Å². The molecular formula is C13H14BrFN4S. The molecule has 1 aromatic carbocycles. The van der Waals surface area contributed by atoms with Crippen molar-refractivity contribution in [2.75, 3.05) is 11.9 Å². The Bertz CT molecular complexity index is 656. The number of hydrogen-bond donors (Lipinski definition) is 1. The largest absolute Gasteiger partial charge is 0.389 e. The lowest BCUT2D eigenvalue weighted by atomic mass is 10.2. The quantitative estimate of drug-likeness (QED) is 0.855. The SMILES string of the molecule is CN(Cc1nccn1C)c1ccc(C(N)=S)c(Br)c1F. The second-order valence-electron chi connectivity index (χ2n) is 4.43. The summed E-state index contributed by atoms with van der Waals surface area (Å²) in [7, 11) is 3.71. The number of imidazole rings is 1. The highest BCUT2D eigenvalue weighted by Crippen LogP contribution is 2.29. The maximum atomic E-state index is 14.4. The van der Waals surface area contributed by atoms with E-state index in [1.54, 1.807) is 30.3 Å². The Balaban J connectivity index is 2.31. The Labute approximate surface area is 130 Å². The summed E-state index contributed by atoms with van der Waals surface area (Å²) in [6.07, 6.45) is 3.57. The average Bonchev–Trinajstić information content (AvgIpc) is 2.77. The molecule has 0 saturated carbocycles. The van der Waals surface area contributed by atoms with Gasteiger partial charge in [0.1, 0.15) is 10.8 Å². The molecule has 0 amide bonds. The van der Waals surface area contributed by atoms with Crippen LogP contribution in [0.15, 0.2) is 29.0 Å². The van der Waals surface area contributed by atoms with Gasteiger partial charge in [-0.25, -0.2) is 9.37 Å². The van der Waals surface area contributed by atoms with Crippen molar-refractivity contribution in [2.24, 2.45) is 12.8 Å². The van der Waals surface area contributed by atoms with E-state index in [0.29, 0.717) is 17.8 Å². The van der Waals surface area contributed by atoms with E-state index >= 15 is 0 Å². The van der Waals surface area contributed by atoms with Crippen molar-refractivity contribution in [2.45, 2.75) is 6.54 Å². The minimum atomic E-state index is -0.382. The van der Waals surface area contributed by atoms with Gasteiger partial charge >= 0.3 is 0 Å². The van der Waals surface area contributed by atoms with Crippen molar-refractivity contribution in [1.29, 1.82) is 0 Å². The number of benzene rings is 1. The molecule has 1 heterocycles. The fourth-order valence-corrected chi connectivity index (χ4v) is 2.72. The molecule has 20 heavy (non-hydrogen) atoms. The highest BCUT2D eigenvalue weighted by Gasteiger charge is 2.16. The van der Waals surface area contributed by atoms with Crippen molar-refractivity contribution in [3.63, 3.8) is 0 Å². The van der Waals surface area contributed by atoms with Crippen LogP contribution < -0.4 is 10.6 Å². The van der Waals surface area contributed by atoms with E-state index in [4.69, 9.17) is 18.0 Å². The number of rotatable bonds is 4. The van der Waals surface area contributed by atoms with Crippen LogP contribution in [-0.2, 0) is 13.6 Å². The molecule has 0 radical (unpaired) electrons. The number of halogens is 2. The van der Waals surface area contributed by atoms with Gasteiger partial charge in [-0.15, -0.1) is 0 Å². The molecule has 0 aliphatic rings. The Kier molecular flexibility index (Phi) is 4.39. The van der Waals surface area contributed by atoms with Gasteiger partial charge in [0.15, 0.2) is 5.82 Å². The molecule has 2 rings (SSSR count). The van der Waals surface area contributed by atoms with Crippen LogP contribution in [-0.4, -0.2) is 21.6 Å². The van der Waals surface area contributed by atoms with Crippen LogP contribution >= 0.6 is 28.1 Å². The van der Waals surface area contributed by atoms with Crippen LogP contribution in [0.5, 0.6) is 0 Å². The summed E-state index contributed by atoms with van der Waals surface area (Å²) < 4.78 is 16.6. The predicted molar refractivity (Wildman–Crippen MR) is 85.3 cm³/mol. The van der Waals surface area contributed by atoms with Crippen molar-refractivity contribution >= 4 is 38.8 Å². The first-order chi connectivity index (χ1) is 9.41. The number of nitrogens with zero attached hydrogens (tertiary/aromatic N) is 3. The summed E-state index contributed by atoms with van der Waals surface area (Å²) in [5.74, 6) is 0.466. The van der Waals surface area contributed by atoms with Crippen molar-refractivity contribution in [3.05, 3.63) is 46.2 Å². The zero-order chi connectivity index (χ0) is 14.9. The predicted octanol–water partition coefficient (Wildman–Crippen LogP) is 2.59. The molecule has 0 spiro atoms. The lowest BCUT2D eigenvalue weighted by Crippen LogP contribution is -2.21. The minimum absolute atomic E-state index is 0.161. The van der Waals surface area contributed by atoms with E-state index in [1.165, 1.54) is 0 Å². The third kappa shape index (κ3) is 2.83. The first-order valence-corrected chi connectivity index (χ1v) is 7.07. The van der Waals surface area contributed by atoms with Crippen LogP contribution in [0.25, 0.3) is 0 Å². The molecule has 2 aromatic rings. The molecular weight excluding hydrogens is 343 g/mol. The molecule has 4 nitrogen and oxygen atoms in total. The number of aryl methyl sites for hydroxylation is 1. The fourth-order valence-electron chi connectivity index (χ4n) is 1.87. The van der Waals surface area contributed by atoms with E-state index in [-0.39, 0.29) is 15.3 Å². The van der Waals surface area contributed by atoms with Gasteiger partial charge in [-0.3, -0.25) is 0 Å². The van der Waals surface area contributed by atoms with Crippen LogP contribution in [0.4, 0.5) is 10.1 Å². The van der Waals surface area contributed by atoms with Gasteiger partial charge in [0, 0.05) is 32.1 Å². The van der Waals surface area contributed by atoms with Gasteiger partial charge in [0.2, 0.25) is 0 Å². The van der Waals surface area contributed by atoms with Gasteiger partial charge in [-0.1, -0.05) is 12.2 Å². The van der Waals surface area contributed by atoms with Gasteiger partial charge in [-0.05, 0) is 28.1 Å². The monoisotopic (exact) mass is 356 g/mol. The highest BCUT2D eigenvalue weighted by molar-refractivity contribution is 9.10. The molecule has 0 saturated heterocycles. The average molecular weight is 357 g/mol. The zero-order valence-electron chi connectivity index (χ0n) is 11.1. The Morgan fingerprint density at radius 2 is 2.25 bits per heavy atom. The maximum absolute atomic E-state index is 14.4. The van der Waals surface area contributed by atoms with E-state index in [1.807, 2.05) is 17.8 Å². The van der Waals surface area contributed by atoms with Gasteiger partial charge in [0.25, 0.3) is 0 Å². The molecule has 0 aliphatic heterocycles. The first kappa shape index (κ1) is 14.9. The summed E-state index contributed by atoms with van der Waals surface area (Å²) in [5, 5.41) is 0. The molecule has 2 N–H and O–H groups in total. The first-order valence-electron chi connectivity index (χ1n) is 5.87. The molecule has 0 atom stereocenters. The molecule has 0 unspecified atom stereocenters. The molecule has 0 fully saturated rings. The highest BCUT2D eigenvalue weighted by atomic mass is 79.9. The number of nitrogens with two attached hydrogens (primary N) is 1. The van der Waals surface area contributed by atoms with E-state index < -0.39 is 0 Å². The van der Waals surface area contributed by atoms with Crippen LogP contribution in [0.2, 0.25) is 0 Å². The van der Waals surface area contributed by atoms with Gasteiger partial charge in [0.05, 0.1) is 16.7 Å². The Morgan fingerprint density at radius 1 is 1.55 bits per heavy atom. The summed E-state index contributed by atoms with van der Waals surface area (Å²) in [6, 6.07) is 3.37. The standard InChI is InChI=1S/C13H14BrFN4S/c1-18-6-5-17-10(18)7-19(2)9-4-3-8(13(16)20)11(14)12(9)15/h3-6H,7H2,1-2H3,(H2,16,20). The Morgan fingerprint density at radius 3 is 2.80 bits per heavy atom. The molecule has 0 bridgehead atoms. The van der Waals surface area contributed by atoms with Crippen LogP contribution in [0.3, 0.4) is 0 Å². The fraction of sp³-hybridized carbons (Fsp3) is 0.231. The summed E-state index contributed by atoms with van der Waals surface area (Å²) >= 11 is 8.09. The summed E-state index contributed by atoms with van der Waals surface area (Å²) in [4.78, 5) is 6.17. The van der Waals surface area contributed by atoms with Crippen LogP contribution in [0.1, 0.15) is 11.4 Å². The maximum Gasteiger partial charge on any atom is 0.161 e. The van der Waals surface area contributed by atoms with Crippen molar-refractivity contribution in [3.8, 4) is 0 Å². The second-order valence-corrected chi connectivity index (χ2v) is 5.67. The third-order valence-corrected chi connectivity index (χ3v) is 4.03. The molecule has 0 aliphatic carbocycles. The number of thiocarbonyl (C=S) groups is 1. The van der Waals surface area contributed by atoms with Crippen molar-refractivity contribution in [1.82, 2.24) is 9.55 Å². The molecule has 1 aromatic heterocycles. The Hall–Kier alpha value is -1.47. The summed E-state index contributed by atoms with van der Waals surface area (Å²) in [6.45, 7) is 0.499. The lowest BCUT2D eigenvalue weighted by molar-refractivity contribution is 0.613. The number of aromatic nitrogens is 2. The van der Waals surface area contributed by atoms with E-state index in [9.17, 15) is 4.39 Å². The summed E-state index contributed by atoms with van der Waals surface area (Å²) in [5.41, 5.74) is 6.50. The molecule has 7 heteroatoms. The topological polar surface area (TPSA) is 47.1 Å². The van der Waals surface area contributed by atoms with E-state index in [2.05, 4.69) is 20.9 Å². The van der Waals surface area contributed by atoms with E-state index in [0.717, 1.165) is 5.82 Å². The molecule has 106 valence electrons. The zero-order valence-corrected chi connectivity index (χ0v) is 13.5. The van der Waals surface area contributed by atoms with Crippen molar-refractivity contribution < 1.29 is 4.39 Å². The lowest BCUT2D eigenvalue weighted by Gasteiger charge is -2.21. The normalized spacial score (nSPS) is 10.6. The number of anilines is 1. The third-order valence-electron chi connectivity index (χ3n) is 3.04. The van der Waals surface area contributed by atoms with Crippen LogP contribution in [0, 0.1) is 5.82 Å². The number of hydrogen-bond acceptors (Lipinski definition) is 3. The minimum Gasteiger partial charge on any atom is -0.389 e. The van der Waals surface area contributed by atoms with Gasteiger partial charge in [-0.2, -0.15) is 0 Å².